The molecule has 0 aliphatic carbocycles. The number of carbonyl (C=O) groups excluding carboxylic acids is 1. The van der Waals surface area contributed by atoms with Gasteiger partial charge in [-0.2, -0.15) is 0 Å². The Morgan fingerprint density at radius 1 is 1.39 bits per heavy atom. The minimum Gasteiger partial charge on any atom is -0.464 e. The molecule has 1 unspecified atom stereocenters. The molecular formula is C13H16O5. The van der Waals surface area contributed by atoms with Crippen molar-refractivity contribution in [2.24, 2.45) is 0 Å². The van der Waals surface area contributed by atoms with Crippen molar-refractivity contribution in [1.29, 1.82) is 0 Å². The minimum atomic E-state index is -1.30. The lowest BCUT2D eigenvalue weighted by molar-refractivity contribution is -0.153. The third-order valence-electron chi connectivity index (χ3n) is 2.50. The van der Waals surface area contributed by atoms with Gasteiger partial charge in [-0.05, 0) is 24.6 Å². The van der Waals surface area contributed by atoms with Crippen molar-refractivity contribution in [1.82, 2.24) is 0 Å². The number of rotatable bonds is 3. The van der Waals surface area contributed by atoms with Gasteiger partial charge < -0.3 is 19.3 Å². The molecule has 2 rings (SSSR count). The normalized spacial score (nSPS) is 17.3. The van der Waals surface area contributed by atoms with Crippen LogP contribution < -0.4 is 9.47 Å². The van der Waals surface area contributed by atoms with Crippen molar-refractivity contribution < 1.29 is 24.1 Å². The maximum absolute atomic E-state index is 11.4. The zero-order chi connectivity index (χ0) is 13.3. The highest BCUT2D eigenvalue weighted by Gasteiger charge is 2.32. The van der Waals surface area contributed by atoms with E-state index in [2.05, 4.69) is 0 Å². The molecule has 1 aromatic carbocycles. The number of esters is 1. The van der Waals surface area contributed by atoms with E-state index in [-0.39, 0.29) is 6.61 Å². The van der Waals surface area contributed by atoms with Gasteiger partial charge in [0, 0.05) is 13.8 Å². The van der Waals surface area contributed by atoms with Gasteiger partial charge in [0.05, 0.1) is 6.61 Å². The first-order valence-corrected chi connectivity index (χ1v) is 5.79. The van der Waals surface area contributed by atoms with Crippen LogP contribution in [0, 0.1) is 0 Å². The number of hydrogen-bond acceptors (Lipinski definition) is 5. The average Bonchev–Trinajstić information content (AvgIpc) is 2.60. The smallest absolute Gasteiger partial charge is 0.339 e. The maximum atomic E-state index is 11.4. The second kappa shape index (κ2) is 4.49. The van der Waals surface area contributed by atoms with Gasteiger partial charge in [0.2, 0.25) is 5.79 Å². The fourth-order valence-corrected chi connectivity index (χ4v) is 1.77. The molecule has 0 spiro atoms. The summed E-state index contributed by atoms with van der Waals surface area (Å²) in [5.41, 5.74) is 0.425. The summed E-state index contributed by atoms with van der Waals surface area (Å²) in [5.74, 6) is -0.285. The molecule has 5 nitrogen and oxygen atoms in total. The standard InChI is InChI=1S/C13H16O5/c1-4-16-12(15)11(14)8-5-6-9-10(7-8)18-13(2,3)17-9/h5-7,11,14H,4H2,1-3H3. The van der Waals surface area contributed by atoms with E-state index in [0.717, 1.165) is 0 Å². The van der Waals surface area contributed by atoms with Crippen LogP contribution in [-0.4, -0.2) is 23.5 Å². The van der Waals surface area contributed by atoms with E-state index >= 15 is 0 Å². The van der Waals surface area contributed by atoms with Gasteiger partial charge in [-0.25, -0.2) is 4.79 Å². The molecule has 98 valence electrons. The lowest BCUT2D eigenvalue weighted by Gasteiger charge is -2.16. The molecular weight excluding hydrogens is 236 g/mol. The summed E-state index contributed by atoms with van der Waals surface area (Å²) in [4.78, 5) is 11.4. The van der Waals surface area contributed by atoms with Crippen LogP contribution in [0.1, 0.15) is 32.4 Å². The number of benzene rings is 1. The Hall–Kier alpha value is -1.75. The molecule has 0 bridgehead atoms. The summed E-state index contributed by atoms with van der Waals surface area (Å²) >= 11 is 0. The van der Waals surface area contributed by atoms with Gasteiger partial charge in [-0.15, -0.1) is 0 Å². The Balaban J connectivity index is 2.21. The topological polar surface area (TPSA) is 65.0 Å². The summed E-state index contributed by atoms with van der Waals surface area (Å²) < 4.78 is 15.8. The molecule has 1 N–H and O–H groups in total. The molecule has 1 aliphatic heterocycles. The molecule has 0 aromatic heterocycles. The van der Waals surface area contributed by atoms with Crippen LogP contribution in [0.2, 0.25) is 0 Å². The summed E-state index contributed by atoms with van der Waals surface area (Å²) in [6.07, 6.45) is -1.30. The second-order valence-corrected chi connectivity index (χ2v) is 4.46. The van der Waals surface area contributed by atoms with Gasteiger partial charge in [-0.1, -0.05) is 6.07 Å². The highest BCUT2D eigenvalue weighted by atomic mass is 16.7. The summed E-state index contributed by atoms with van der Waals surface area (Å²) in [7, 11) is 0. The molecule has 18 heavy (non-hydrogen) atoms. The third kappa shape index (κ3) is 2.41. The van der Waals surface area contributed by atoms with Crippen LogP contribution in [0.25, 0.3) is 0 Å². The molecule has 0 radical (unpaired) electrons. The zero-order valence-electron chi connectivity index (χ0n) is 10.6. The number of carbonyl (C=O) groups is 1. The summed E-state index contributed by atoms with van der Waals surface area (Å²) in [6.45, 7) is 5.49. The first kappa shape index (κ1) is 12.7. The Morgan fingerprint density at radius 2 is 2.06 bits per heavy atom. The quantitative estimate of drug-likeness (QED) is 0.831. The molecule has 1 atom stereocenters. The average molecular weight is 252 g/mol. The first-order chi connectivity index (χ1) is 8.43. The zero-order valence-corrected chi connectivity index (χ0v) is 10.6. The minimum absolute atomic E-state index is 0.230. The van der Waals surface area contributed by atoms with Crippen LogP contribution >= 0.6 is 0 Å². The van der Waals surface area contributed by atoms with E-state index in [1.807, 2.05) is 0 Å². The monoisotopic (exact) mass is 252 g/mol. The van der Waals surface area contributed by atoms with Crippen molar-refractivity contribution in [2.45, 2.75) is 32.7 Å². The van der Waals surface area contributed by atoms with Crippen LogP contribution in [-0.2, 0) is 9.53 Å². The predicted molar refractivity (Wildman–Crippen MR) is 63.4 cm³/mol. The first-order valence-electron chi connectivity index (χ1n) is 5.79. The van der Waals surface area contributed by atoms with Crippen LogP contribution in [0.3, 0.4) is 0 Å². The van der Waals surface area contributed by atoms with Crippen LogP contribution in [0.4, 0.5) is 0 Å². The fraction of sp³-hybridized carbons (Fsp3) is 0.462. The van der Waals surface area contributed by atoms with Gasteiger partial charge in [0.25, 0.3) is 0 Å². The van der Waals surface area contributed by atoms with Crippen LogP contribution in [0.5, 0.6) is 11.5 Å². The van der Waals surface area contributed by atoms with E-state index in [1.165, 1.54) is 0 Å². The highest BCUT2D eigenvalue weighted by molar-refractivity contribution is 5.76. The third-order valence-corrected chi connectivity index (χ3v) is 2.50. The van der Waals surface area contributed by atoms with E-state index < -0.39 is 17.9 Å². The SMILES string of the molecule is CCOC(=O)C(O)c1ccc2c(c1)OC(C)(C)O2. The van der Waals surface area contributed by atoms with Crippen molar-refractivity contribution >= 4 is 5.97 Å². The Kier molecular flexibility index (Phi) is 3.17. The van der Waals surface area contributed by atoms with Gasteiger partial charge in [0.15, 0.2) is 17.6 Å². The maximum Gasteiger partial charge on any atom is 0.339 e. The van der Waals surface area contributed by atoms with E-state index in [0.29, 0.717) is 17.1 Å². The van der Waals surface area contributed by atoms with Gasteiger partial charge in [-0.3, -0.25) is 0 Å². The van der Waals surface area contributed by atoms with Gasteiger partial charge >= 0.3 is 5.97 Å². The molecule has 0 saturated heterocycles. The highest BCUT2D eigenvalue weighted by Crippen LogP contribution is 2.40. The number of fused-ring (bicyclic) bond motifs is 1. The molecule has 0 saturated carbocycles. The van der Waals surface area contributed by atoms with Crippen molar-refractivity contribution in [3.8, 4) is 11.5 Å². The Morgan fingerprint density at radius 3 is 2.72 bits per heavy atom. The Bertz CT molecular complexity index is 466. The van der Waals surface area contributed by atoms with Gasteiger partial charge in [0.1, 0.15) is 0 Å². The van der Waals surface area contributed by atoms with E-state index in [1.54, 1.807) is 39.0 Å². The Labute approximate surface area is 105 Å². The molecule has 5 heteroatoms. The van der Waals surface area contributed by atoms with Crippen LogP contribution in [0.15, 0.2) is 18.2 Å². The summed E-state index contributed by atoms with van der Waals surface area (Å²) in [6, 6.07) is 4.87. The van der Waals surface area contributed by atoms with Crippen molar-refractivity contribution in [3.63, 3.8) is 0 Å². The van der Waals surface area contributed by atoms with Crippen molar-refractivity contribution in [2.75, 3.05) is 6.61 Å². The molecule has 1 aliphatic rings. The van der Waals surface area contributed by atoms with Crippen molar-refractivity contribution in [3.05, 3.63) is 23.8 Å². The molecule has 0 fully saturated rings. The fourth-order valence-electron chi connectivity index (χ4n) is 1.77. The lowest BCUT2D eigenvalue weighted by Crippen LogP contribution is -2.29. The van der Waals surface area contributed by atoms with E-state index in [9.17, 15) is 9.90 Å². The second-order valence-electron chi connectivity index (χ2n) is 4.46. The molecule has 1 heterocycles. The lowest BCUT2D eigenvalue weighted by atomic mass is 10.1. The molecule has 1 aromatic rings. The van der Waals surface area contributed by atoms with E-state index in [4.69, 9.17) is 14.2 Å². The number of aliphatic hydroxyl groups is 1. The summed E-state index contributed by atoms with van der Waals surface area (Å²) in [5, 5.41) is 9.81. The largest absolute Gasteiger partial charge is 0.464 e. The predicted octanol–water partition coefficient (Wildman–Crippen LogP) is 1.79. The molecule has 0 amide bonds. The number of hydrogen-bond donors (Lipinski definition) is 1. The number of aliphatic hydroxyl groups excluding tert-OH is 1. The number of ether oxygens (including phenoxy) is 3.